The zero-order valence-electron chi connectivity index (χ0n) is 15.7. The molecule has 0 saturated carbocycles. The average molecular weight is 426 g/mol. The first kappa shape index (κ1) is 21.9. The Morgan fingerprint density at radius 3 is 2.14 bits per heavy atom. The van der Waals surface area contributed by atoms with E-state index < -0.39 is 5.97 Å². The van der Waals surface area contributed by atoms with Crippen molar-refractivity contribution >= 4 is 35.1 Å². The van der Waals surface area contributed by atoms with Crippen molar-refractivity contribution in [1.82, 2.24) is 5.32 Å². The van der Waals surface area contributed by atoms with E-state index in [0.29, 0.717) is 0 Å². The van der Waals surface area contributed by atoms with E-state index in [4.69, 9.17) is 37.8 Å². The molecule has 0 fully saturated rings. The first-order chi connectivity index (χ1) is 13.2. The molecule has 0 bridgehead atoms. The maximum absolute atomic E-state index is 12.4. The predicted molar refractivity (Wildman–Crippen MR) is 108 cm³/mol. The summed E-state index contributed by atoms with van der Waals surface area (Å²) in [5.41, 5.74) is 0.872. The lowest BCUT2D eigenvalue weighted by molar-refractivity contribution is -0.124. The van der Waals surface area contributed by atoms with E-state index in [0.717, 1.165) is 11.3 Å². The number of carboxylic acid groups (broad SMARTS) is 1. The molecule has 0 unspecified atom stereocenters. The molecule has 1 atom stereocenters. The molecule has 0 aromatic heterocycles. The number of halogens is 2. The summed E-state index contributed by atoms with van der Waals surface area (Å²) in [7, 11) is 1.59. The van der Waals surface area contributed by atoms with Crippen molar-refractivity contribution in [2.24, 2.45) is 5.92 Å². The third-order valence-corrected chi connectivity index (χ3v) is 4.61. The van der Waals surface area contributed by atoms with Gasteiger partial charge in [-0.3, -0.25) is 4.79 Å². The molecule has 0 spiro atoms. The van der Waals surface area contributed by atoms with Gasteiger partial charge in [-0.15, -0.1) is 0 Å². The molecule has 0 aliphatic heterocycles. The minimum absolute atomic E-state index is 0.0215. The second-order valence-corrected chi connectivity index (χ2v) is 7.24. The Morgan fingerprint density at radius 2 is 1.68 bits per heavy atom. The summed E-state index contributed by atoms with van der Waals surface area (Å²) < 4.78 is 10.6. The van der Waals surface area contributed by atoms with Gasteiger partial charge in [-0.05, 0) is 35.7 Å². The van der Waals surface area contributed by atoms with Gasteiger partial charge in [0.1, 0.15) is 5.75 Å². The molecule has 0 saturated heterocycles. The molecule has 2 aromatic carbocycles. The van der Waals surface area contributed by atoms with Crippen LogP contribution in [0.5, 0.6) is 11.5 Å². The molecule has 0 heterocycles. The molecule has 28 heavy (non-hydrogen) atoms. The minimum atomic E-state index is -1.16. The summed E-state index contributed by atoms with van der Waals surface area (Å²) in [4.78, 5) is 23.4. The molecule has 0 aliphatic carbocycles. The monoisotopic (exact) mass is 425 g/mol. The van der Waals surface area contributed by atoms with Crippen molar-refractivity contribution in [3.63, 3.8) is 0 Å². The van der Waals surface area contributed by atoms with E-state index in [1.807, 2.05) is 38.1 Å². The van der Waals surface area contributed by atoms with Crippen LogP contribution in [0.1, 0.15) is 35.8 Å². The molecule has 0 aliphatic rings. The van der Waals surface area contributed by atoms with Gasteiger partial charge in [-0.1, -0.05) is 49.2 Å². The second kappa shape index (κ2) is 9.66. The first-order valence-electron chi connectivity index (χ1n) is 8.51. The summed E-state index contributed by atoms with van der Waals surface area (Å²) in [5.74, 6) is -0.584. The molecule has 0 radical (unpaired) electrons. The Morgan fingerprint density at radius 1 is 1.11 bits per heavy atom. The first-order valence-corrected chi connectivity index (χ1v) is 9.27. The average Bonchev–Trinajstić information content (AvgIpc) is 2.65. The predicted octanol–water partition coefficient (Wildman–Crippen LogP) is 4.59. The van der Waals surface area contributed by atoms with Crippen LogP contribution in [-0.4, -0.2) is 30.7 Å². The van der Waals surface area contributed by atoms with E-state index in [2.05, 4.69) is 5.32 Å². The highest BCUT2D eigenvalue weighted by molar-refractivity contribution is 6.37. The van der Waals surface area contributed by atoms with E-state index in [-0.39, 0.29) is 45.8 Å². The van der Waals surface area contributed by atoms with Gasteiger partial charge < -0.3 is 19.9 Å². The fourth-order valence-electron chi connectivity index (χ4n) is 2.62. The van der Waals surface area contributed by atoms with E-state index in [1.165, 1.54) is 12.1 Å². The highest BCUT2D eigenvalue weighted by Gasteiger charge is 2.20. The fourth-order valence-corrected chi connectivity index (χ4v) is 3.22. The van der Waals surface area contributed by atoms with Crippen LogP contribution in [0, 0.1) is 5.92 Å². The van der Waals surface area contributed by atoms with E-state index in [9.17, 15) is 9.59 Å². The molecule has 2 N–H and O–H groups in total. The third-order valence-electron chi connectivity index (χ3n) is 4.05. The number of carboxylic acids is 1. The summed E-state index contributed by atoms with van der Waals surface area (Å²) >= 11 is 12.1. The number of ether oxygens (including phenoxy) is 2. The normalized spacial score (nSPS) is 11.8. The number of nitrogens with one attached hydrogen (secondary N) is 1. The molecular weight excluding hydrogens is 405 g/mol. The topological polar surface area (TPSA) is 84.9 Å². The molecule has 2 rings (SSSR count). The van der Waals surface area contributed by atoms with Crippen LogP contribution in [0.25, 0.3) is 0 Å². The number of hydrogen-bond acceptors (Lipinski definition) is 4. The van der Waals surface area contributed by atoms with Gasteiger partial charge in [0, 0.05) is 0 Å². The molecule has 150 valence electrons. The standard InChI is InChI=1S/C20H21Cl2NO5/c1-11(2)18(12-4-6-14(27-3)7-5-12)23-17(24)10-28-19-15(21)8-13(20(25)26)9-16(19)22/h4-9,11,18H,10H2,1-3H3,(H,23,24)(H,25,26)/t18-/m0/s1. The molecule has 1 amide bonds. The Kier molecular flexibility index (Phi) is 7.54. The highest BCUT2D eigenvalue weighted by atomic mass is 35.5. The van der Waals surface area contributed by atoms with E-state index in [1.54, 1.807) is 7.11 Å². The van der Waals surface area contributed by atoms with Crippen molar-refractivity contribution in [3.05, 3.63) is 57.6 Å². The van der Waals surface area contributed by atoms with Crippen LogP contribution in [-0.2, 0) is 4.79 Å². The van der Waals surface area contributed by atoms with Crippen molar-refractivity contribution in [2.45, 2.75) is 19.9 Å². The zero-order valence-corrected chi connectivity index (χ0v) is 17.2. The summed E-state index contributed by atoms with van der Waals surface area (Å²) in [6.07, 6.45) is 0. The molecule has 8 heteroatoms. The number of methoxy groups -OCH3 is 1. The zero-order chi connectivity index (χ0) is 20.8. The van der Waals surface area contributed by atoms with Gasteiger partial charge in [0.25, 0.3) is 5.91 Å². The maximum atomic E-state index is 12.4. The third kappa shape index (κ3) is 5.53. The quantitative estimate of drug-likeness (QED) is 0.645. The largest absolute Gasteiger partial charge is 0.497 e. The lowest BCUT2D eigenvalue weighted by atomic mass is 9.96. The number of hydrogen-bond donors (Lipinski definition) is 2. The molecule has 2 aromatic rings. The second-order valence-electron chi connectivity index (χ2n) is 6.43. The molecular formula is C20H21Cl2NO5. The van der Waals surface area contributed by atoms with Gasteiger partial charge in [-0.25, -0.2) is 4.79 Å². The van der Waals surface area contributed by atoms with Crippen LogP contribution in [0.2, 0.25) is 10.0 Å². The van der Waals surface area contributed by atoms with Crippen LogP contribution in [0.3, 0.4) is 0 Å². The van der Waals surface area contributed by atoms with Gasteiger partial charge in [-0.2, -0.15) is 0 Å². The van der Waals surface area contributed by atoms with Crippen LogP contribution >= 0.6 is 23.2 Å². The highest BCUT2D eigenvalue weighted by Crippen LogP contribution is 2.34. The lowest BCUT2D eigenvalue weighted by Crippen LogP contribution is -2.35. The summed E-state index contributed by atoms with van der Waals surface area (Å²) in [6.45, 7) is 3.67. The van der Waals surface area contributed by atoms with E-state index >= 15 is 0 Å². The van der Waals surface area contributed by atoms with Crippen molar-refractivity contribution in [1.29, 1.82) is 0 Å². The van der Waals surface area contributed by atoms with Gasteiger partial charge in [0.05, 0.1) is 28.8 Å². The van der Waals surface area contributed by atoms with Gasteiger partial charge in [0.15, 0.2) is 12.4 Å². The number of carbonyl (C=O) groups excluding carboxylic acids is 1. The summed E-state index contributed by atoms with van der Waals surface area (Å²) in [5, 5.41) is 12.0. The van der Waals surface area contributed by atoms with Crippen LogP contribution in [0.15, 0.2) is 36.4 Å². The maximum Gasteiger partial charge on any atom is 0.335 e. The van der Waals surface area contributed by atoms with Crippen LogP contribution < -0.4 is 14.8 Å². The lowest BCUT2D eigenvalue weighted by Gasteiger charge is -2.23. The van der Waals surface area contributed by atoms with Crippen molar-refractivity contribution in [3.8, 4) is 11.5 Å². The Labute approximate surface area is 173 Å². The van der Waals surface area contributed by atoms with Gasteiger partial charge >= 0.3 is 5.97 Å². The van der Waals surface area contributed by atoms with Crippen molar-refractivity contribution in [2.75, 3.05) is 13.7 Å². The fraction of sp³-hybridized carbons (Fsp3) is 0.300. The van der Waals surface area contributed by atoms with Gasteiger partial charge in [0.2, 0.25) is 0 Å². The number of aromatic carboxylic acids is 1. The minimum Gasteiger partial charge on any atom is -0.497 e. The number of rotatable bonds is 8. The Bertz CT molecular complexity index is 829. The Balaban J connectivity index is 2.06. The Hall–Kier alpha value is -2.44. The smallest absolute Gasteiger partial charge is 0.335 e. The van der Waals surface area contributed by atoms with Crippen molar-refractivity contribution < 1.29 is 24.2 Å². The number of amides is 1. The number of benzene rings is 2. The number of carbonyl (C=O) groups is 2. The van der Waals surface area contributed by atoms with Crippen LogP contribution in [0.4, 0.5) is 0 Å². The summed E-state index contributed by atoms with van der Waals surface area (Å²) in [6, 6.07) is 9.66. The molecule has 6 nitrogen and oxygen atoms in total. The SMILES string of the molecule is COc1ccc([C@@H](NC(=O)COc2c(Cl)cc(C(=O)O)cc2Cl)C(C)C)cc1.